The Labute approximate surface area is 171 Å². The minimum atomic E-state index is -0.531. The molecule has 0 saturated carbocycles. The highest BCUT2D eigenvalue weighted by Gasteiger charge is 2.32. The second-order valence-electron chi connectivity index (χ2n) is 5.72. The summed E-state index contributed by atoms with van der Waals surface area (Å²) in [4.78, 5) is 26.1. The van der Waals surface area contributed by atoms with Crippen molar-refractivity contribution in [2.24, 2.45) is 0 Å². The molecule has 0 bridgehead atoms. The van der Waals surface area contributed by atoms with Crippen molar-refractivity contribution in [3.8, 4) is 11.5 Å². The highest BCUT2D eigenvalue weighted by atomic mass is 127. The van der Waals surface area contributed by atoms with Gasteiger partial charge in [-0.1, -0.05) is 6.08 Å². The van der Waals surface area contributed by atoms with Crippen molar-refractivity contribution in [2.45, 2.75) is 20.0 Å². The summed E-state index contributed by atoms with van der Waals surface area (Å²) in [5.74, 6) is 0.158. The van der Waals surface area contributed by atoms with Crippen molar-refractivity contribution in [2.75, 3.05) is 13.7 Å². The lowest BCUT2D eigenvalue weighted by molar-refractivity contribution is -0.128. The van der Waals surface area contributed by atoms with E-state index in [1.165, 1.54) is 18.1 Å². The molecular weight excluding hydrogens is 467 g/mol. The van der Waals surface area contributed by atoms with E-state index >= 15 is 0 Å². The maximum absolute atomic E-state index is 12.6. The van der Waals surface area contributed by atoms with Crippen LogP contribution in [0.25, 0.3) is 6.08 Å². The van der Waals surface area contributed by atoms with E-state index in [-0.39, 0.29) is 23.3 Å². The van der Waals surface area contributed by atoms with Crippen LogP contribution in [-0.4, -0.2) is 41.6 Å². The van der Waals surface area contributed by atoms with Crippen LogP contribution in [0.15, 0.2) is 30.4 Å². The first-order chi connectivity index (χ1) is 12.3. The average molecular weight is 486 g/mol. The van der Waals surface area contributed by atoms with Crippen LogP contribution < -0.4 is 14.8 Å². The number of nitrogens with zero attached hydrogens (tertiary/aromatic N) is 1. The molecule has 1 saturated heterocycles. The third-order valence-corrected chi connectivity index (χ3v) is 4.54. The van der Waals surface area contributed by atoms with Crippen LogP contribution in [0.4, 0.5) is 0 Å². The van der Waals surface area contributed by atoms with Gasteiger partial charge in [-0.3, -0.25) is 19.8 Å². The van der Waals surface area contributed by atoms with Gasteiger partial charge in [0.25, 0.3) is 11.8 Å². The highest BCUT2D eigenvalue weighted by Crippen LogP contribution is 2.35. The minimum absolute atomic E-state index is 0.00386. The summed E-state index contributed by atoms with van der Waals surface area (Å²) in [5, 5.41) is 2.59. The summed E-state index contributed by atoms with van der Waals surface area (Å²) in [7, 11) is 1.54. The molecule has 0 aromatic heterocycles. The number of thiocarbonyl (C=S) groups is 1. The quantitative estimate of drug-likeness (QED) is 0.220. The maximum atomic E-state index is 12.6. The molecule has 0 unspecified atom stereocenters. The van der Waals surface area contributed by atoms with Gasteiger partial charge >= 0.3 is 0 Å². The largest absolute Gasteiger partial charge is 0.493 e. The first kappa shape index (κ1) is 20.4. The Morgan fingerprint density at radius 3 is 2.65 bits per heavy atom. The molecule has 0 atom stereocenters. The lowest BCUT2D eigenvalue weighted by atomic mass is 10.1. The van der Waals surface area contributed by atoms with E-state index < -0.39 is 11.8 Å². The van der Waals surface area contributed by atoms with Gasteiger partial charge in [0.15, 0.2) is 16.6 Å². The average Bonchev–Trinajstić information content (AvgIpc) is 2.57. The monoisotopic (exact) mass is 486 g/mol. The van der Waals surface area contributed by atoms with Gasteiger partial charge in [0.2, 0.25) is 0 Å². The molecule has 26 heavy (non-hydrogen) atoms. The summed E-state index contributed by atoms with van der Waals surface area (Å²) in [6, 6.07) is 3.54. The number of nitrogens with one attached hydrogen (secondary N) is 1. The third kappa shape index (κ3) is 4.42. The molecule has 1 aliphatic rings. The van der Waals surface area contributed by atoms with Crippen molar-refractivity contribution in [1.29, 1.82) is 0 Å². The molecular formula is C18H19IN2O4S. The van der Waals surface area contributed by atoms with Crippen molar-refractivity contribution < 1.29 is 19.1 Å². The molecule has 1 aliphatic heterocycles. The van der Waals surface area contributed by atoms with Crippen LogP contribution in [-0.2, 0) is 9.59 Å². The van der Waals surface area contributed by atoms with Crippen molar-refractivity contribution in [3.63, 3.8) is 0 Å². The summed E-state index contributed by atoms with van der Waals surface area (Å²) in [6.07, 6.45) is 3.05. The zero-order chi connectivity index (χ0) is 19.4. The topological polar surface area (TPSA) is 67.9 Å². The van der Waals surface area contributed by atoms with Crippen molar-refractivity contribution >= 4 is 57.8 Å². The molecule has 1 heterocycles. The molecule has 1 fully saturated rings. The summed E-state index contributed by atoms with van der Waals surface area (Å²) >= 11 is 7.17. The summed E-state index contributed by atoms with van der Waals surface area (Å²) in [6.45, 7) is 7.67. The lowest BCUT2D eigenvalue weighted by Gasteiger charge is -2.27. The SMILES string of the molecule is C=CCN1C(=O)/C(=C\c2cc(I)c(OC(C)C)c(OC)c2)C(=O)NC1=S. The number of ether oxygens (including phenoxy) is 2. The van der Waals surface area contributed by atoms with Gasteiger partial charge in [-0.05, 0) is 72.4 Å². The van der Waals surface area contributed by atoms with Crippen LogP contribution >= 0.6 is 34.8 Å². The predicted octanol–water partition coefficient (Wildman–Crippen LogP) is 2.90. The van der Waals surface area contributed by atoms with E-state index in [1.54, 1.807) is 12.1 Å². The normalized spacial score (nSPS) is 16.1. The highest BCUT2D eigenvalue weighted by molar-refractivity contribution is 14.1. The van der Waals surface area contributed by atoms with Crippen LogP contribution in [0.2, 0.25) is 0 Å². The Morgan fingerprint density at radius 2 is 2.08 bits per heavy atom. The first-order valence-electron chi connectivity index (χ1n) is 7.82. The molecule has 0 radical (unpaired) electrons. The number of hydrogen-bond acceptors (Lipinski definition) is 5. The number of methoxy groups -OCH3 is 1. The number of carbonyl (C=O) groups is 2. The van der Waals surface area contributed by atoms with Gasteiger partial charge in [-0.2, -0.15) is 0 Å². The molecule has 6 nitrogen and oxygen atoms in total. The molecule has 1 aromatic rings. The molecule has 8 heteroatoms. The Morgan fingerprint density at radius 1 is 1.38 bits per heavy atom. The van der Waals surface area contributed by atoms with E-state index in [0.29, 0.717) is 17.1 Å². The van der Waals surface area contributed by atoms with Crippen molar-refractivity contribution in [3.05, 3.63) is 39.5 Å². The molecule has 2 rings (SSSR count). The second kappa shape index (κ2) is 8.63. The maximum Gasteiger partial charge on any atom is 0.265 e. The number of halogens is 1. The fourth-order valence-electron chi connectivity index (χ4n) is 2.33. The molecule has 1 aromatic carbocycles. The van der Waals surface area contributed by atoms with Gasteiger partial charge in [0.05, 0.1) is 16.8 Å². The zero-order valence-corrected chi connectivity index (χ0v) is 17.6. The number of carbonyl (C=O) groups excluding carboxylic acids is 2. The van der Waals surface area contributed by atoms with Crippen LogP contribution in [0.5, 0.6) is 11.5 Å². The summed E-state index contributed by atoms with van der Waals surface area (Å²) in [5.41, 5.74) is 0.642. The molecule has 1 N–H and O–H groups in total. The number of rotatable bonds is 6. The van der Waals surface area contributed by atoms with Crippen LogP contribution in [0.1, 0.15) is 19.4 Å². The van der Waals surface area contributed by atoms with E-state index in [9.17, 15) is 9.59 Å². The van der Waals surface area contributed by atoms with Crippen LogP contribution in [0, 0.1) is 3.57 Å². The number of amides is 2. The number of benzene rings is 1. The smallest absolute Gasteiger partial charge is 0.265 e. The lowest BCUT2D eigenvalue weighted by Crippen LogP contribution is -2.53. The molecule has 0 aliphatic carbocycles. The predicted molar refractivity (Wildman–Crippen MR) is 112 cm³/mol. The minimum Gasteiger partial charge on any atom is -0.493 e. The third-order valence-electron chi connectivity index (χ3n) is 3.41. The summed E-state index contributed by atoms with van der Waals surface area (Å²) < 4.78 is 12.0. The first-order valence-corrected chi connectivity index (χ1v) is 9.31. The Balaban J connectivity index is 2.46. The van der Waals surface area contributed by atoms with E-state index in [4.69, 9.17) is 21.7 Å². The molecule has 0 spiro atoms. The van der Waals surface area contributed by atoms with Crippen molar-refractivity contribution in [1.82, 2.24) is 10.2 Å². The molecule has 138 valence electrons. The van der Waals surface area contributed by atoms with E-state index in [1.807, 2.05) is 19.9 Å². The van der Waals surface area contributed by atoms with E-state index in [2.05, 4.69) is 34.5 Å². The van der Waals surface area contributed by atoms with E-state index in [0.717, 1.165) is 3.57 Å². The fraction of sp³-hybridized carbons (Fsp3) is 0.278. The van der Waals surface area contributed by atoms with Gasteiger partial charge in [0, 0.05) is 6.54 Å². The Bertz CT molecular complexity index is 805. The Hall–Kier alpha value is -1.94. The van der Waals surface area contributed by atoms with Gasteiger partial charge in [-0.15, -0.1) is 6.58 Å². The fourth-order valence-corrected chi connectivity index (χ4v) is 3.33. The Kier molecular flexibility index (Phi) is 6.76. The standard InChI is InChI=1S/C18H19IN2O4S/c1-5-6-21-17(23)12(16(22)20-18(21)26)7-11-8-13(19)15(25-10(2)3)14(9-11)24-4/h5,7-10H,1,6H2,2-4H3,(H,20,22,26)/b12-7-. The zero-order valence-electron chi connectivity index (χ0n) is 14.7. The van der Waals surface area contributed by atoms with Gasteiger partial charge < -0.3 is 9.47 Å². The van der Waals surface area contributed by atoms with Crippen LogP contribution in [0.3, 0.4) is 0 Å². The number of hydrogen-bond donors (Lipinski definition) is 1. The molecule has 2 amide bonds. The van der Waals surface area contributed by atoms with Gasteiger partial charge in [0.1, 0.15) is 5.57 Å². The second-order valence-corrected chi connectivity index (χ2v) is 7.27. The van der Waals surface area contributed by atoms with Gasteiger partial charge in [-0.25, -0.2) is 0 Å².